The maximum atomic E-state index is 16.0. The van der Waals surface area contributed by atoms with E-state index in [0.717, 1.165) is 16.0 Å². The predicted molar refractivity (Wildman–Crippen MR) is 368 cm³/mol. The van der Waals surface area contributed by atoms with Crippen LogP contribution in [0.1, 0.15) is 99.1 Å². The molecule has 11 N–H and O–H groups in total. The van der Waals surface area contributed by atoms with Gasteiger partial charge in [0.15, 0.2) is 0 Å². The summed E-state index contributed by atoms with van der Waals surface area (Å²) in [5.74, 6) is -8.42. The Hall–Kier alpha value is -10.1. The number of halogens is 1. The molecule has 28 heteroatoms. The lowest BCUT2D eigenvalue weighted by molar-refractivity contribution is -0.148. The molecule has 0 unspecified atom stereocenters. The highest BCUT2D eigenvalue weighted by Gasteiger charge is 2.50. The van der Waals surface area contributed by atoms with Crippen LogP contribution in [0, 0.1) is 5.82 Å². The molecule has 0 saturated carbocycles. The average molecular weight is 1390 g/mol. The molecular weight excluding hydrogens is 1300 g/mol. The molecule has 0 radical (unpaired) electrons. The van der Waals surface area contributed by atoms with E-state index in [9.17, 15) is 33.9 Å². The summed E-state index contributed by atoms with van der Waals surface area (Å²) in [6.45, 7) is 3.86. The molecule has 2 saturated heterocycles. The van der Waals surface area contributed by atoms with Gasteiger partial charge in [0.2, 0.25) is 65.0 Å². The maximum absolute atomic E-state index is 16.0. The number of nitrogens with two attached hydrogens (primary N) is 1. The standard InChI is InChI=1S/C73H90FN13O14/c1-43-65(92)82-57(38-75)67(94)79-54-35-48-11-9-12-49(33-48)39-77-61(90)42-101-59-26-32-86-64(59)69(96)83-63(44(2)88)68(95)81-55(34-46-17-20-52(100-4)21-18-46)71(98)87-31-10-27-73(87,3)72(99)76-28-25-45-13-15-47(16-14-45)40-85(62(91)24-23-60(89)78-43)30-8-6-5-7-29-84-41-50(36-56(70(86)97)80-66(54)93)53-37-51(74)19-22-58(53)84/h5,7,9,11-22,33,37,41,43-44,54-57,59,63-64,88H,6,8,10,23-32,34-36,38-40,42,75H2,1-4H3,(H,76,99)(H,77,90)(H,78,89)(H,79,94)(H,80,93)(H,81,95)(H,82,92)(H,83,96)/t43-,44+,54-,55-,56-,57+,59-,63-,64-,73-/m0/s1. The largest absolute Gasteiger partial charge is 0.497 e. The minimum absolute atomic E-state index is 0.0541. The summed E-state index contributed by atoms with van der Waals surface area (Å²) in [6, 6.07) is 14.3. The number of ether oxygens (including phenoxy) is 2. The number of carbonyl (C=O) groups is 11. The summed E-state index contributed by atoms with van der Waals surface area (Å²) in [7, 11) is 1.49. The van der Waals surface area contributed by atoms with Crippen LogP contribution in [0.25, 0.3) is 10.9 Å². The Bertz CT molecular complexity index is 3940. The SMILES string of the molecule is COc1ccc(C[C@@H]2NC(=O)[C@H]([C@@H](C)O)NC(=O)[C@@H]3[C@@H]4CCN3C(=O)[C@@H]3Cc5cn(c6ccc(F)cc56)CC=CCCCN(Cc5ccc(cc5)CCNC(=O)[C@]5(C)CCCN5C2=O)C(=O)CCC(=O)N[C@@H](C)C(=O)N[C@H](CN)C(=O)N[C@@H](Cc2cccc(c2)CNC(=O)CO4)C(=O)N3)cc1. The molecule has 4 aromatic carbocycles. The summed E-state index contributed by atoms with van der Waals surface area (Å²) < 4.78 is 29.1. The highest BCUT2D eigenvalue weighted by Crippen LogP contribution is 2.32. The molecule has 0 aliphatic carbocycles. The van der Waals surface area contributed by atoms with Crippen molar-refractivity contribution in [3.05, 3.63) is 149 Å². The van der Waals surface area contributed by atoms with Gasteiger partial charge in [0, 0.05) is 102 Å². The molecule has 11 amide bonds. The molecule has 1 aromatic heterocycles. The number of benzene rings is 4. The number of methoxy groups -OCH3 is 1. The highest BCUT2D eigenvalue weighted by molar-refractivity contribution is 6.00. The number of hydrogen-bond donors (Lipinski definition) is 10. The number of carbonyl (C=O) groups excluding carboxylic acids is 11. The van der Waals surface area contributed by atoms with Gasteiger partial charge in [-0.2, -0.15) is 0 Å². The number of amides is 11. The molecule has 27 nitrogen and oxygen atoms in total. The second-order valence-corrected chi connectivity index (χ2v) is 26.8. The van der Waals surface area contributed by atoms with Crippen molar-refractivity contribution >= 4 is 75.9 Å². The number of nitrogens with one attached hydrogen (secondary N) is 8. The fourth-order valence-electron chi connectivity index (χ4n) is 13.7. The van der Waals surface area contributed by atoms with Gasteiger partial charge >= 0.3 is 0 Å². The fourth-order valence-corrected chi connectivity index (χ4v) is 13.7. The van der Waals surface area contributed by atoms with Crippen molar-refractivity contribution in [3.63, 3.8) is 0 Å². The third-order valence-electron chi connectivity index (χ3n) is 19.4. The van der Waals surface area contributed by atoms with Gasteiger partial charge in [-0.3, -0.25) is 52.7 Å². The topological polar surface area (TPSA) is 363 Å². The molecule has 2 fully saturated rings. The van der Waals surface area contributed by atoms with Crippen LogP contribution < -0.4 is 53.0 Å². The number of fused-ring (bicyclic) bond motifs is 16. The third-order valence-corrected chi connectivity index (χ3v) is 19.4. The van der Waals surface area contributed by atoms with E-state index in [1.165, 1.54) is 38.0 Å². The Morgan fingerprint density at radius 3 is 2.20 bits per heavy atom. The second-order valence-electron chi connectivity index (χ2n) is 26.8. The fraction of sp³-hybridized carbons (Fsp3) is 0.466. The van der Waals surface area contributed by atoms with Gasteiger partial charge < -0.3 is 82.1 Å². The quantitative estimate of drug-likeness (QED) is 0.109. The Labute approximate surface area is 584 Å². The summed E-state index contributed by atoms with van der Waals surface area (Å²) in [4.78, 5) is 166. The summed E-state index contributed by atoms with van der Waals surface area (Å²) in [6.07, 6.45) is 3.32. The van der Waals surface area contributed by atoms with E-state index in [1.54, 1.807) is 72.6 Å². The van der Waals surface area contributed by atoms with Crippen LogP contribution in [0.15, 0.2) is 109 Å². The van der Waals surface area contributed by atoms with Crippen molar-refractivity contribution in [1.29, 1.82) is 0 Å². The van der Waals surface area contributed by atoms with Crippen molar-refractivity contribution in [2.45, 2.75) is 171 Å². The van der Waals surface area contributed by atoms with Gasteiger partial charge in [-0.25, -0.2) is 4.39 Å². The van der Waals surface area contributed by atoms with E-state index in [-0.39, 0.29) is 96.7 Å². The van der Waals surface area contributed by atoms with Crippen LogP contribution in [-0.4, -0.2) is 196 Å². The maximum Gasteiger partial charge on any atom is 0.246 e. The zero-order valence-corrected chi connectivity index (χ0v) is 57.2. The van der Waals surface area contributed by atoms with Crippen molar-refractivity contribution in [2.75, 3.05) is 46.4 Å². The van der Waals surface area contributed by atoms with E-state index < -0.39 is 138 Å². The summed E-state index contributed by atoms with van der Waals surface area (Å²) in [5.41, 5.74) is 8.93. The minimum atomic E-state index is -1.84. The lowest BCUT2D eigenvalue weighted by Crippen LogP contribution is -2.64. The molecule has 7 heterocycles. The molecule has 10 atom stereocenters. The zero-order chi connectivity index (χ0) is 72.1. The molecule has 6 aliphatic heterocycles. The van der Waals surface area contributed by atoms with E-state index in [2.05, 4.69) is 42.5 Å². The summed E-state index contributed by atoms with van der Waals surface area (Å²) >= 11 is 0. The number of aromatic nitrogens is 1. The minimum Gasteiger partial charge on any atom is -0.497 e. The van der Waals surface area contributed by atoms with Gasteiger partial charge in [-0.15, -0.1) is 0 Å². The number of nitrogens with zero attached hydrogens (tertiary/aromatic N) is 4. The van der Waals surface area contributed by atoms with Gasteiger partial charge in [-0.1, -0.05) is 72.8 Å². The smallest absolute Gasteiger partial charge is 0.246 e. The van der Waals surface area contributed by atoms with E-state index in [1.807, 2.05) is 41.0 Å². The third kappa shape index (κ3) is 18.3. The molecule has 6 aliphatic rings. The van der Waals surface area contributed by atoms with Crippen molar-refractivity contribution < 1.29 is 71.7 Å². The van der Waals surface area contributed by atoms with Crippen molar-refractivity contribution in [1.82, 2.24) is 61.8 Å². The van der Waals surface area contributed by atoms with E-state index >= 15 is 28.4 Å². The number of allylic oxidation sites excluding steroid dienone is 2. The number of aliphatic hydroxyl groups is 1. The molecule has 11 rings (SSSR count). The van der Waals surface area contributed by atoms with Gasteiger partial charge in [0.05, 0.1) is 19.3 Å². The predicted octanol–water partition coefficient (Wildman–Crippen LogP) is 0.913. The molecule has 5 aromatic rings. The van der Waals surface area contributed by atoms with Crippen LogP contribution in [0.4, 0.5) is 4.39 Å². The molecular formula is C73H90FN13O14. The zero-order valence-electron chi connectivity index (χ0n) is 57.2. The highest BCUT2D eigenvalue weighted by atomic mass is 19.1. The summed E-state index contributed by atoms with van der Waals surface area (Å²) in [5, 5.41) is 33.9. The lowest BCUT2D eigenvalue weighted by atomic mass is 9.95. The first-order valence-corrected chi connectivity index (χ1v) is 34.5. The first-order valence-electron chi connectivity index (χ1n) is 34.5. The molecule has 0 spiro atoms. The van der Waals surface area contributed by atoms with Crippen LogP contribution >= 0.6 is 0 Å². The van der Waals surface area contributed by atoms with Gasteiger partial charge in [0.25, 0.3) is 0 Å². The van der Waals surface area contributed by atoms with E-state index in [4.69, 9.17) is 15.2 Å². The van der Waals surface area contributed by atoms with Crippen LogP contribution in [0.5, 0.6) is 5.75 Å². The number of hydrogen-bond acceptors (Lipinski definition) is 15. The molecule has 538 valence electrons. The Morgan fingerprint density at radius 1 is 0.703 bits per heavy atom. The molecule has 12 bridgehead atoms. The van der Waals surface area contributed by atoms with Gasteiger partial charge in [-0.05, 0) is 123 Å². The van der Waals surface area contributed by atoms with Gasteiger partial charge in [0.1, 0.15) is 66.0 Å². The Kier molecular flexibility index (Phi) is 24.4. The second kappa shape index (κ2) is 33.4. The molecule has 101 heavy (non-hydrogen) atoms. The van der Waals surface area contributed by atoms with E-state index in [0.29, 0.717) is 64.6 Å². The number of aliphatic hydroxyl groups excluding tert-OH is 1. The van der Waals surface area contributed by atoms with Crippen LogP contribution in [0.2, 0.25) is 0 Å². The average Bonchev–Trinajstić information content (AvgIpc) is 1.71. The van der Waals surface area contributed by atoms with Crippen LogP contribution in [0.3, 0.4) is 0 Å². The number of rotatable bonds is 5. The van der Waals surface area contributed by atoms with Crippen LogP contribution in [-0.2, 0) is 103 Å². The van der Waals surface area contributed by atoms with Crippen molar-refractivity contribution in [2.24, 2.45) is 5.73 Å². The first kappa shape index (κ1) is 73.7. The first-order chi connectivity index (χ1) is 48.5. The Balaban J connectivity index is 1.09. The van der Waals surface area contributed by atoms with Crippen molar-refractivity contribution in [3.8, 4) is 5.75 Å². The Morgan fingerprint density at radius 2 is 1.45 bits per heavy atom. The monoisotopic (exact) mass is 1390 g/mol. The normalized spacial score (nSPS) is 26.0. The lowest BCUT2D eigenvalue weighted by Gasteiger charge is -2.37.